The van der Waals surface area contributed by atoms with E-state index in [1.165, 1.54) is 0 Å². The SMILES string of the molecule is CN(C(=O)OC(C)(C)C)[C@@H]1CCN(c2cc(Cl)nc(N)n2)C1.CN[C@@H]1CCN(c2cc(-c3cn(C)nc3C)nc(N)n2)C1.Cc1nn(C)cc1-c1cc(N2CC[C@@H](N(C)C(=O)OC(C)(C)C)C2)nc(N)n1.Cc1nn(C)cc1B1OC(C)(C)C(C)(C)O1.O=CC(F)(F)F.[2H]CC. The first-order chi connectivity index (χ1) is 44.5. The lowest BCUT2D eigenvalue weighted by Crippen LogP contribution is -2.42. The molecule has 28 nitrogen and oxygen atoms in total. The Hall–Kier alpha value is -8.10. The summed E-state index contributed by atoms with van der Waals surface area (Å²) in [4.78, 5) is 68.4. The summed E-state index contributed by atoms with van der Waals surface area (Å²) in [7, 11) is 10.9. The van der Waals surface area contributed by atoms with Crippen molar-refractivity contribution in [2.24, 2.45) is 21.1 Å². The van der Waals surface area contributed by atoms with Crippen LogP contribution in [0, 0.1) is 20.8 Å². The minimum atomic E-state index is -4.64. The highest BCUT2D eigenvalue weighted by molar-refractivity contribution is 6.62. The lowest BCUT2D eigenvalue weighted by atomic mass is 9.79. The third-order valence-corrected chi connectivity index (χ3v) is 16.0. The van der Waals surface area contributed by atoms with E-state index in [1.54, 1.807) is 50.9 Å². The van der Waals surface area contributed by atoms with E-state index in [0.717, 1.165) is 102 Å². The van der Waals surface area contributed by atoms with Crippen LogP contribution in [0.2, 0.25) is 5.15 Å². The average Bonchev–Trinajstić information content (AvgIpc) is 1.61. The van der Waals surface area contributed by atoms with E-state index in [1.807, 2.05) is 126 Å². The summed E-state index contributed by atoms with van der Waals surface area (Å²) in [5.41, 5.74) is 23.2. The molecule has 0 aliphatic carbocycles. The molecule has 0 spiro atoms. The molecule has 33 heteroatoms. The van der Waals surface area contributed by atoms with Crippen LogP contribution < -0.4 is 42.7 Å². The van der Waals surface area contributed by atoms with Crippen LogP contribution in [-0.4, -0.2) is 202 Å². The van der Waals surface area contributed by atoms with Gasteiger partial charge in [0.05, 0.1) is 51.8 Å². The van der Waals surface area contributed by atoms with Crippen LogP contribution in [0.5, 0.6) is 0 Å². The first-order valence-corrected chi connectivity index (χ1v) is 31.5. The second-order valence-electron chi connectivity index (χ2n) is 26.2. The van der Waals surface area contributed by atoms with Gasteiger partial charge in [-0.1, -0.05) is 25.4 Å². The van der Waals surface area contributed by atoms with Gasteiger partial charge in [0.25, 0.3) is 0 Å². The molecule has 10 rings (SSSR count). The molecular formula is C62H98BClF3N21O7. The predicted octanol–water partition coefficient (Wildman–Crippen LogP) is 7.74. The summed E-state index contributed by atoms with van der Waals surface area (Å²) < 4.78 is 65.6. The smallest absolute Gasteiger partial charge is 0.444 e. The van der Waals surface area contributed by atoms with E-state index in [4.69, 9.17) is 53.7 Å². The zero-order valence-electron chi connectivity index (χ0n) is 59.6. The molecule has 524 valence electrons. The fourth-order valence-electron chi connectivity index (χ4n) is 10.3. The Morgan fingerprint density at radius 3 is 1.35 bits per heavy atom. The van der Waals surface area contributed by atoms with Crippen LogP contribution in [0.4, 0.5) is 58.1 Å². The van der Waals surface area contributed by atoms with Crippen molar-refractivity contribution < 1.29 is 47.7 Å². The van der Waals surface area contributed by atoms with Crippen molar-refractivity contribution in [2.75, 3.05) is 92.3 Å². The molecule has 4 aliphatic heterocycles. The maximum Gasteiger partial charge on any atom is 0.498 e. The maximum absolute atomic E-state index is 12.4. The van der Waals surface area contributed by atoms with Gasteiger partial charge >= 0.3 is 25.5 Å². The molecular weight excluding hydrogens is 1250 g/mol. The lowest BCUT2D eigenvalue weighted by Gasteiger charge is -2.32. The molecule has 0 bridgehead atoms. The van der Waals surface area contributed by atoms with E-state index in [2.05, 4.69) is 88.0 Å². The molecule has 3 atom stereocenters. The van der Waals surface area contributed by atoms with Gasteiger partial charge in [0.2, 0.25) is 24.1 Å². The Kier molecular flexibility index (Phi) is 25.7. The third-order valence-electron chi connectivity index (χ3n) is 15.8. The fourth-order valence-corrected chi connectivity index (χ4v) is 10.5. The van der Waals surface area contributed by atoms with Crippen molar-refractivity contribution in [3.05, 3.63) is 59.0 Å². The van der Waals surface area contributed by atoms with Crippen molar-refractivity contribution >= 4 is 78.0 Å². The number of amides is 2. The molecule has 4 saturated heterocycles. The van der Waals surface area contributed by atoms with Crippen molar-refractivity contribution in [3.63, 3.8) is 0 Å². The number of aldehydes is 1. The summed E-state index contributed by atoms with van der Waals surface area (Å²) in [6.45, 7) is 32.3. The van der Waals surface area contributed by atoms with Gasteiger partial charge in [-0.05, 0) is 116 Å². The minimum absolute atomic E-state index is 0.0506. The Morgan fingerprint density at radius 2 is 1.02 bits per heavy atom. The minimum Gasteiger partial charge on any atom is -0.444 e. The van der Waals surface area contributed by atoms with E-state index in [9.17, 15) is 22.8 Å². The van der Waals surface area contributed by atoms with Crippen LogP contribution >= 0.6 is 11.6 Å². The number of hydrogen-bond donors (Lipinski definition) is 4. The zero-order chi connectivity index (χ0) is 72.2. The fraction of sp³-hybridized carbons (Fsp3) is 0.613. The number of ether oxygens (including phenoxy) is 2. The van der Waals surface area contributed by atoms with Crippen molar-refractivity contribution in [3.8, 4) is 22.5 Å². The molecule has 95 heavy (non-hydrogen) atoms. The number of nitrogen functional groups attached to an aromatic ring is 3. The molecule has 6 aromatic rings. The lowest BCUT2D eigenvalue weighted by molar-refractivity contribution is -0.156. The largest absolute Gasteiger partial charge is 0.498 e. The number of anilines is 6. The molecule has 2 amide bonds. The molecule has 7 N–H and O–H groups in total. The number of halogens is 4. The summed E-state index contributed by atoms with van der Waals surface area (Å²) >= 11 is 5.91. The monoisotopic (exact) mass is 1350 g/mol. The molecule has 0 aromatic carbocycles. The predicted molar refractivity (Wildman–Crippen MR) is 364 cm³/mol. The number of nitrogens with one attached hydrogen (secondary N) is 1. The number of likely N-dealkylation sites (N-methyl/N-ethyl adjacent to an activating group) is 3. The molecule has 10 heterocycles. The first kappa shape index (κ1) is 75.9. The Morgan fingerprint density at radius 1 is 0.663 bits per heavy atom. The van der Waals surface area contributed by atoms with Gasteiger partial charge in [-0.2, -0.15) is 43.4 Å². The number of carbonyl (C=O) groups is 3. The van der Waals surface area contributed by atoms with Gasteiger partial charge in [-0.25, -0.2) is 24.5 Å². The maximum atomic E-state index is 12.4. The number of nitrogens with zero attached hydrogens (tertiary/aromatic N) is 17. The van der Waals surface area contributed by atoms with Crippen LogP contribution in [0.15, 0.2) is 36.8 Å². The normalized spacial score (nSPS) is 18.1. The summed E-state index contributed by atoms with van der Waals surface area (Å²) in [5.74, 6) is 2.99. The summed E-state index contributed by atoms with van der Waals surface area (Å²) in [6, 6.07) is 6.21. The van der Waals surface area contributed by atoms with Gasteiger partial charge in [0, 0.05) is 135 Å². The molecule has 0 radical (unpaired) electrons. The van der Waals surface area contributed by atoms with Gasteiger partial charge in [-0.15, -0.1) is 0 Å². The molecule has 0 saturated carbocycles. The zero-order valence-corrected chi connectivity index (χ0v) is 59.4. The quantitative estimate of drug-likeness (QED) is 0.0611. The van der Waals surface area contributed by atoms with Crippen LogP contribution in [0.25, 0.3) is 22.5 Å². The van der Waals surface area contributed by atoms with E-state index in [0.29, 0.717) is 43.0 Å². The number of nitrogens with two attached hydrogens (primary N) is 3. The highest BCUT2D eigenvalue weighted by Gasteiger charge is 2.52. The van der Waals surface area contributed by atoms with Crippen LogP contribution in [0.1, 0.15) is 121 Å². The Labute approximate surface area is 562 Å². The topological polar surface area (TPSA) is 325 Å². The molecule has 0 unspecified atom stereocenters. The Balaban J connectivity index is 0.000000225. The number of hydrogen-bond acceptors (Lipinski definition) is 23. The van der Waals surface area contributed by atoms with Crippen molar-refractivity contribution in [1.29, 1.82) is 0 Å². The number of aryl methyl sites for hydroxylation is 6. The van der Waals surface area contributed by atoms with E-state index < -0.39 is 23.7 Å². The highest BCUT2D eigenvalue weighted by Crippen LogP contribution is 2.37. The highest BCUT2D eigenvalue weighted by atomic mass is 35.5. The molecule has 4 aliphatic rings. The molecule has 6 aromatic heterocycles. The standard InChI is InChI=1S/C19H29N7O2.C14H22ClN5O2.C14H21N7.C11H19BN2O2.C2HF3O.C2H6/c1-12-14(11-24(5)23-12)15-9-16(22-17(20)21-15)26-8-7-13(10-26)25(6)18(27)28-19(2,3)4;1-14(2,3)22-13(21)19(4)9-5-6-20(8-9)11-7-10(15)17-12(16)18-11;1-9-11(8-20(3)19-9)12-6-13(18-14(15)17-12)21-5-4-10(7-21)16-2;1-8-9(7-14(6)13-8)12-15-10(2,3)11(4,5)16-12;3-2(4,5)1-6;1-2/h9,11,13H,7-8,10H2,1-6H3,(H2,20,21,22);7,9H,5-6,8H2,1-4H3,(H2,16,17,18);6,8,10,16H,4-5,7H2,1-3H3,(H2,15,17,18);7H,1-6H3;1H;1-2H3/t13-;9-;10-;;;/m111.../s1/i;;;;;1D. The Bertz CT molecular complexity index is 3530. The summed E-state index contributed by atoms with van der Waals surface area (Å²) in [6.07, 6.45) is 2.28. The van der Waals surface area contributed by atoms with Crippen LogP contribution in [-0.2, 0) is 44.7 Å². The number of aromatic nitrogens is 12. The van der Waals surface area contributed by atoms with Gasteiger partial charge in [0.1, 0.15) is 33.8 Å². The number of carbonyl (C=O) groups excluding carboxylic acids is 3. The number of rotatable bonds is 9. The van der Waals surface area contributed by atoms with Crippen molar-refractivity contribution in [2.45, 2.75) is 170 Å². The second kappa shape index (κ2) is 32.1. The van der Waals surface area contributed by atoms with Gasteiger partial charge < -0.3 is 65.8 Å². The third kappa shape index (κ3) is 22.2. The van der Waals surface area contributed by atoms with Gasteiger partial charge in [-0.3, -0.25) is 18.8 Å². The number of alkyl halides is 3. The summed E-state index contributed by atoms with van der Waals surface area (Å²) in [5, 5.41) is 16.7. The molecule has 4 fully saturated rings. The van der Waals surface area contributed by atoms with E-state index >= 15 is 0 Å². The van der Waals surface area contributed by atoms with Crippen molar-refractivity contribution in [1.82, 2.24) is 74.4 Å². The van der Waals surface area contributed by atoms with E-state index in [-0.39, 0.29) is 54.5 Å². The van der Waals surface area contributed by atoms with Gasteiger partial charge in [0.15, 0.2) is 0 Å². The first-order valence-electron chi connectivity index (χ1n) is 31.8. The second-order valence-corrected chi connectivity index (χ2v) is 26.6. The average molecular weight is 1350 g/mol. The van der Waals surface area contributed by atoms with Crippen LogP contribution in [0.3, 0.4) is 0 Å².